The summed E-state index contributed by atoms with van der Waals surface area (Å²) in [6.45, 7) is 0. The number of benzene rings is 25. The molecule has 3 heterocycles. The van der Waals surface area contributed by atoms with Crippen LogP contribution in [-0.2, 0) is 0 Å². The monoisotopic (exact) mass is 1760 g/mol. The van der Waals surface area contributed by atoms with E-state index in [1.165, 1.54) is 0 Å². The van der Waals surface area contributed by atoms with Gasteiger partial charge in [-0.3, -0.25) is 0 Å². The lowest BCUT2D eigenvalue weighted by Crippen LogP contribution is -1.93. The third kappa shape index (κ3) is 12.7. The largest absolute Gasteiger partial charge is 0.455 e. The fraction of sp³-hybridized carbons (Fsp3) is 0. The molecule has 0 fully saturated rings. The van der Waals surface area contributed by atoms with E-state index >= 15 is 0 Å². The maximum Gasteiger partial charge on any atom is 0.143 e. The minimum atomic E-state index is -1.19. The van der Waals surface area contributed by atoms with Crippen LogP contribution in [0, 0.1) is 0 Å². The van der Waals surface area contributed by atoms with Gasteiger partial charge in [0.05, 0.1) is 97.3 Å². The molecule has 0 bridgehead atoms. The number of furan rings is 3. The topological polar surface area (TPSA) is 39.4 Å². The number of rotatable bonds is 9. The molecule has 3 nitrogen and oxygen atoms in total. The smallest absolute Gasteiger partial charge is 0.143 e. The molecule has 0 radical (unpaired) electrons. The van der Waals surface area contributed by atoms with E-state index in [2.05, 4.69) is 0 Å². The van der Waals surface area contributed by atoms with E-state index in [-0.39, 0.29) is 32.7 Å². The molecule has 0 aliphatic heterocycles. The molecule has 3 aromatic heterocycles. The van der Waals surface area contributed by atoms with Gasteiger partial charge in [-0.2, -0.15) is 0 Å². The van der Waals surface area contributed by atoms with Crippen molar-refractivity contribution in [2.45, 2.75) is 0 Å². The first kappa shape index (κ1) is 33.9. The van der Waals surface area contributed by atoms with Gasteiger partial charge in [0.25, 0.3) is 0 Å². The van der Waals surface area contributed by atoms with Crippen LogP contribution >= 0.6 is 0 Å². The molecule has 0 spiro atoms. The van der Waals surface area contributed by atoms with Crippen LogP contribution in [0.3, 0.4) is 0 Å². The fourth-order valence-corrected chi connectivity index (χ4v) is 17.1. The molecule has 0 atom stereocenters. The standard InChI is InChI=1S/C48H30O.C46H28O.C36H22O/c1-3-14-31(15-4-1)34-28-35(32-16-5-2-6-17-32)30-36(29-34)45-38-20-9-11-22-40(38)46(41-23-12-10-21-39(41)45)42-24-13-25-44-47(42)43-27-26-33-18-7-8-19-37(33)48(43)49-44;1-2-13-29(14-3-1)32-27-31-16-5-6-17-33(31)41(28-32)44-37-21-10-8-19-35(37)43(36-20-9-11-22-38(36)44)39-23-12-24-42-45(39)40-26-25-30-15-4-7-18-34(30)46(40)47-42;1-2-12-24(13-3-1)33-26-15-6-8-17-28(26)34(29-18-9-7-16-27(29)33)30-19-10-20-32-35(30)31-22-21-23-11-4-5-14-25(23)36(31)37-32/h1-30H;1-28H;1-22H/i1D,2D,3D,4D,5D,6D,7D,8D,9D,10D,11D,12D,13D,14D,15D,16D,17D,18D,19D,20D,21D,22D,23D,24D,25D,26D,27D,28D,29D,30D;1D,2D,3D,4D,5D,6D,7D,8D,9D,10D,11D,12D,13D,14D,15D,16D,17D,18D,19D,20D,21D,22D,23D,24D,25D,26D,27D,28D;1D,2D,3D,6D,7D,8D,9D,12D,13D,15D,16D,17D,18D. The molecule has 28 aromatic rings. The highest BCUT2D eigenvalue weighted by atomic mass is 16.3. The van der Waals surface area contributed by atoms with E-state index in [9.17, 15) is 27.4 Å². The van der Waals surface area contributed by atoms with Crippen molar-refractivity contribution in [2.24, 2.45) is 0 Å². The summed E-state index contributed by atoms with van der Waals surface area (Å²) in [6.07, 6.45) is 0. The summed E-state index contributed by atoms with van der Waals surface area (Å²) >= 11 is 0. The summed E-state index contributed by atoms with van der Waals surface area (Å²) in [6, 6.07) is -48.6. The van der Waals surface area contributed by atoms with Gasteiger partial charge in [-0.15, -0.1) is 0 Å². The van der Waals surface area contributed by atoms with E-state index in [1.807, 2.05) is 36.4 Å². The first-order valence-electron chi connectivity index (χ1n) is 75.5. The average molecular weight is 1760 g/mol. The molecule has 28 rings (SSSR count). The second kappa shape index (κ2) is 31.8. The Morgan fingerprint density at radius 3 is 0.925 bits per heavy atom. The quantitative estimate of drug-likeness (QED) is 0.135. The maximum absolute atomic E-state index is 9.99. The Kier molecular flexibility index (Phi) is 8.08. The third-order valence-electron chi connectivity index (χ3n) is 22.5. The van der Waals surface area contributed by atoms with Crippen molar-refractivity contribution < 1.29 is 111 Å². The van der Waals surface area contributed by atoms with Gasteiger partial charge in [0.2, 0.25) is 0 Å². The van der Waals surface area contributed by atoms with Crippen LogP contribution in [0.25, 0.3) is 274 Å². The molecule has 0 saturated heterocycles. The van der Waals surface area contributed by atoms with Crippen LogP contribution < -0.4 is 0 Å². The molecule has 133 heavy (non-hydrogen) atoms. The Labute approximate surface area is 866 Å². The van der Waals surface area contributed by atoms with E-state index < -0.39 is 632 Å². The first-order chi connectivity index (χ1) is 95.6. The van der Waals surface area contributed by atoms with Gasteiger partial charge in [0.1, 0.15) is 33.5 Å². The summed E-state index contributed by atoms with van der Waals surface area (Å²) in [5.41, 5.74) is -13.9. The van der Waals surface area contributed by atoms with E-state index in [1.54, 1.807) is 18.2 Å². The fourth-order valence-electron chi connectivity index (χ4n) is 17.1. The summed E-state index contributed by atoms with van der Waals surface area (Å²) in [4.78, 5) is 0. The summed E-state index contributed by atoms with van der Waals surface area (Å²) in [5, 5.41) is -10.1. The van der Waals surface area contributed by atoms with Gasteiger partial charge in [-0.05, 0) is 258 Å². The third-order valence-corrected chi connectivity index (χ3v) is 22.5. The van der Waals surface area contributed by atoms with Crippen molar-refractivity contribution in [1.29, 1.82) is 0 Å². The second-order valence-electron chi connectivity index (χ2n) is 29.5. The van der Waals surface area contributed by atoms with Crippen molar-refractivity contribution in [2.75, 3.05) is 0 Å². The Balaban J connectivity index is 0.000000146. The van der Waals surface area contributed by atoms with Crippen LogP contribution in [0.4, 0.5) is 0 Å². The normalized spacial score (nSPS) is 19.2. The summed E-state index contributed by atoms with van der Waals surface area (Å²) < 4.78 is 658. The molecule has 0 aliphatic carbocycles. The van der Waals surface area contributed by atoms with E-state index in [4.69, 9.17) is 83.2 Å². The van der Waals surface area contributed by atoms with Crippen LogP contribution in [0.5, 0.6) is 0 Å². The molecular weight excluding hydrogens is 1610 g/mol. The second-order valence-corrected chi connectivity index (χ2v) is 29.5. The van der Waals surface area contributed by atoms with E-state index in [0.29, 0.717) is 27.5 Å². The first-order valence-corrected chi connectivity index (χ1v) is 40.0. The molecule has 0 saturated carbocycles. The Morgan fingerprint density at radius 2 is 0.474 bits per heavy atom. The highest BCUT2D eigenvalue weighted by molar-refractivity contribution is 6.32. The SMILES string of the molecule is [2H]c1c([2H])c([2H])c(-c2c([2H])c(-c3c([2H])c([2H])c([2H])c([2H])c3[2H])c([2H])c(-c3c4c([2H])c([2H])c([2H])c([2H])c4c(-c4c([2H])c([2H])c([2H])c5oc6c7c([2H])c([2H])c([2H])c([2H])c7c([2H])c([2H])c6c45)c4c([2H])c([2H])c([2H])c([2H])c34)c2[2H])c([2H])c1[2H].[2H]c1c([2H])c([2H])c(-c2c([2H])c(-c3c4c([2H])c([2H])c([2H])c([2H])c4c(-c4c([2H])c([2H])c([2H])c5oc6c7c([2H])c([2H])c([2H])c([2H])c7c([2H])c([2H])c6c45)c4c([2H])c([2H])c([2H])c([2H])c34)c3c([2H])c([2H])c([2H])c([2H])c3c2[2H])c([2H])c1[2H].[2H]c1c([2H])c([2H])c(-c2c3c([2H])c([2H])c([2H])c([2H])c3c(-c3cccc4oc5c6ccccc6ccc5c34)c3c([2H])c([2H])c([2H])c([2H])c23)c([2H])c1[2H]. The van der Waals surface area contributed by atoms with Crippen LogP contribution in [0.15, 0.2) is 497 Å². The number of hydrogen-bond acceptors (Lipinski definition) is 3. The molecular formula is C130H80O3. The molecule has 0 N–H and O–H groups in total. The van der Waals surface area contributed by atoms with Gasteiger partial charge in [0.15, 0.2) is 0 Å². The van der Waals surface area contributed by atoms with Crippen molar-refractivity contribution in [3.63, 3.8) is 0 Å². The summed E-state index contributed by atoms with van der Waals surface area (Å²) in [5.74, 6) is 0. The lowest BCUT2D eigenvalue weighted by molar-refractivity contribution is 0.672. The molecule has 0 aliphatic rings. The lowest BCUT2D eigenvalue weighted by Gasteiger charge is -2.20. The molecule has 0 unspecified atom stereocenters. The van der Waals surface area contributed by atoms with Crippen molar-refractivity contribution in [1.82, 2.24) is 0 Å². The van der Waals surface area contributed by atoms with Crippen LogP contribution in [0.1, 0.15) is 97.3 Å². The lowest BCUT2D eigenvalue weighted by atomic mass is 9.83. The highest BCUT2D eigenvalue weighted by Crippen LogP contribution is 2.54. The molecule has 0 amide bonds. The molecule has 25 aromatic carbocycles. The Morgan fingerprint density at radius 1 is 0.143 bits per heavy atom. The van der Waals surface area contributed by atoms with E-state index in [0.717, 1.165) is 10.8 Å². The highest BCUT2D eigenvalue weighted by Gasteiger charge is 2.27. The van der Waals surface area contributed by atoms with Crippen molar-refractivity contribution in [3.8, 4) is 100 Å². The Bertz CT molecular complexity index is 13800. The maximum atomic E-state index is 9.99. The molecule has 618 valence electrons. The van der Waals surface area contributed by atoms with Gasteiger partial charge in [-0.25, -0.2) is 0 Å². The number of hydrogen-bond donors (Lipinski definition) is 0. The predicted molar refractivity (Wildman–Crippen MR) is 565 cm³/mol. The molecule has 3 heteroatoms. The minimum absolute atomic E-state index is 0.0616. The minimum Gasteiger partial charge on any atom is -0.455 e. The predicted octanol–water partition coefficient (Wildman–Crippen LogP) is 37.3. The van der Waals surface area contributed by atoms with Crippen molar-refractivity contribution >= 4 is 174 Å². The van der Waals surface area contributed by atoms with Crippen molar-refractivity contribution in [3.05, 3.63) is 484 Å². The number of fused-ring (bicyclic) bond motifs is 22. The Hall–Kier alpha value is -17.5. The van der Waals surface area contributed by atoms with Gasteiger partial charge in [0, 0.05) is 48.5 Å². The average Bonchev–Trinajstić information content (AvgIpc) is 1.21. The zero-order chi connectivity index (χ0) is 149. The van der Waals surface area contributed by atoms with Gasteiger partial charge < -0.3 is 13.3 Å². The van der Waals surface area contributed by atoms with Crippen LogP contribution in [0.2, 0.25) is 0 Å². The van der Waals surface area contributed by atoms with Gasteiger partial charge in [-0.1, -0.05) is 417 Å². The van der Waals surface area contributed by atoms with Crippen LogP contribution in [-0.4, -0.2) is 0 Å². The van der Waals surface area contributed by atoms with Gasteiger partial charge >= 0.3 is 0 Å². The zero-order valence-electron chi connectivity index (χ0n) is 138. The zero-order valence-corrected chi connectivity index (χ0v) is 66.9. The summed E-state index contributed by atoms with van der Waals surface area (Å²) in [7, 11) is 0.